The molecule has 0 N–H and O–H groups in total. The van der Waals surface area contributed by atoms with E-state index >= 15 is 0 Å². The van der Waals surface area contributed by atoms with Gasteiger partial charge >= 0.3 is 5.97 Å². The quantitative estimate of drug-likeness (QED) is 0.791. The average molecular weight is 263 g/mol. The minimum atomic E-state index is -0.437. The van der Waals surface area contributed by atoms with Crippen molar-refractivity contribution in [3.8, 4) is 5.69 Å². The van der Waals surface area contributed by atoms with E-state index in [1.54, 1.807) is 18.5 Å². The molecule has 0 aliphatic carbocycles. The molecule has 0 saturated carbocycles. The first-order chi connectivity index (χ1) is 8.77. The van der Waals surface area contributed by atoms with Crippen LogP contribution < -0.4 is 4.80 Å². The molecule has 0 unspecified atom stereocenters. The third-order valence-corrected chi connectivity index (χ3v) is 3.07. The Kier molecular flexibility index (Phi) is 3.88. The van der Waals surface area contributed by atoms with Gasteiger partial charge in [0.1, 0.15) is 0 Å². The van der Waals surface area contributed by atoms with Gasteiger partial charge in [-0.1, -0.05) is 18.2 Å². The molecule has 18 heavy (non-hydrogen) atoms. The highest BCUT2D eigenvalue weighted by atomic mass is 32.1. The summed E-state index contributed by atoms with van der Waals surface area (Å²) >= 11 is 1.17. The summed E-state index contributed by atoms with van der Waals surface area (Å²) in [7, 11) is 1.67. The molecule has 2 rings (SSSR count). The molecule has 0 fully saturated rings. The van der Waals surface area contributed by atoms with Crippen molar-refractivity contribution in [3.05, 3.63) is 41.0 Å². The van der Waals surface area contributed by atoms with Gasteiger partial charge in [-0.3, -0.25) is 9.56 Å². The first kappa shape index (κ1) is 12.5. The van der Waals surface area contributed by atoms with Crippen molar-refractivity contribution in [1.82, 2.24) is 8.94 Å². The van der Waals surface area contributed by atoms with Crippen molar-refractivity contribution in [2.75, 3.05) is 13.7 Å². The van der Waals surface area contributed by atoms with E-state index in [-0.39, 0.29) is 5.82 Å². The number of esters is 1. The van der Waals surface area contributed by atoms with Crippen molar-refractivity contribution < 1.29 is 9.53 Å². The number of ether oxygens (including phenoxy) is 1. The molecule has 1 heterocycles. The van der Waals surface area contributed by atoms with Crippen LogP contribution >= 0.6 is 11.5 Å². The Morgan fingerprint density at radius 2 is 2.17 bits per heavy atom. The van der Waals surface area contributed by atoms with Gasteiger partial charge in [-0.15, -0.1) is 0 Å². The monoisotopic (exact) mass is 263 g/mol. The summed E-state index contributed by atoms with van der Waals surface area (Å²) in [6, 6.07) is 9.50. The zero-order valence-corrected chi connectivity index (χ0v) is 11.0. The minimum Gasteiger partial charge on any atom is -0.460 e. The topological polar surface area (TPSA) is 56.5 Å². The number of carbonyl (C=O) groups excluding carboxylic acids is 1. The Hall–Kier alpha value is -1.95. The molecule has 0 amide bonds. The Balaban J connectivity index is 2.58. The van der Waals surface area contributed by atoms with E-state index in [2.05, 4.69) is 9.37 Å². The molecule has 0 atom stereocenters. The van der Waals surface area contributed by atoms with Gasteiger partial charge in [0.05, 0.1) is 12.3 Å². The molecule has 0 aliphatic heterocycles. The fourth-order valence-electron chi connectivity index (χ4n) is 1.53. The van der Waals surface area contributed by atoms with E-state index in [4.69, 9.17) is 4.74 Å². The highest BCUT2D eigenvalue weighted by molar-refractivity contribution is 7.02. The predicted molar refractivity (Wildman–Crippen MR) is 68.9 cm³/mol. The highest BCUT2D eigenvalue weighted by Gasteiger charge is 2.17. The number of rotatable bonds is 3. The maximum absolute atomic E-state index is 11.8. The number of para-hydroxylation sites is 1. The smallest absolute Gasteiger partial charge is 0.376 e. The average Bonchev–Trinajstić information content (AvgIpc) is 2.83. The highest BCUT2D eigenvalue weighted by Crippen LogP contribution is 2.09. The van der Waals surface area contributed by atoms with E-state index in [1.165, 1.54) is 11.5 Å². The summed E-state index contributed by atoms with van der Waals surface area (Å²) in [5.41, 5.74) is 0.843. The molecule has 1 aromatic carbocycles. The van der Waals surface area contributed by atoms with Crippen LogP contribution in [-0.4, -0.2) is 28.6 Å². The zero-order chi connectivity index (χ0) is 13.0. The Morgan fingerprint density at radius 3 is 2.78 bits per heavy atom. The van der Waals surface area contributed by atoms with Crippen LogP contribution in [0.5, 0.6) is 0 Å². The summed E-state index contributed by atoms with van der Waals surface area (Å²) in [4.78, 5) is 16.6. The third-order valence-electron chi connectivity index (χ3n) is 2.28. The summed E-state index contributed by atoms with van der Waals surface area (Å²) in [5, 5.41) is 0. The van der Waals surface area contributed by atoms with Crippen LogP contribution in [0.4, 0.5) is 0 Å². The Bertz CT molecular complexity index is 601. The lowest BCUT2D eigenvalue weighted by atomic mass is 10.3. The first-order valence-corrected chi connectivity index (χ1v) is 6.29. The molecular formula is C12H13N3O2S. The van der Waals surface area contributed by atoms with Crippen LogP contribution in [0.3, 0.4) is 0 Å². The SMILES string of the molecule is CCOC(=O)c1nsc(=NC)n1-c1ccccc1. The predicted octanol–water partition coefficient (Wildman–Crippen LogP) is 1.64. The molecule has 0 aliphatic rings. The van der Waals surface area contributed by atoms with Gasteiger partial charge in [0.2, 0.25) is 10.6 Å². The van der Waals surface area contributed by atoms with Gasteiger partial charge in [-0.25, -0.2) is 4.79 Å². The summed E-state index contributed by atoms with van der Waals surface area (Å²) in [5.74, 6) is -0.179. The second kappa shape index (κ2) is 5.59. The van der Waals surface area contributed by atoms with Gasteiger partial charge in [0.25, 0.3) is 0 Å². The number of carbonyl (C=O) groups is 1. The molecule has 94 valence electrons. The molecule has 1 aromatic heterocycles. The summed E-state index contributed by atoms with van der Waals surface area (Å²) < 4.78 is 10.8. The fraction of sp³-hybridized carbons (Fsp3) is 0.250. The maximum atomic E-state index is 11.8. The number of benzene rings is 1. The molecule has 6 heteroatoms. The molecule has 2 aromatic rings. The molecule has 0 radical (unpaired) electrons. The van der Waals surface area contributed by atoms with Crippen LogP contribution in [0, 0.1) is 0 Å². The van der Waals surface area contributed by atoms with Crippen molar-refractivity contribution in [1.29, 1.82) is 0 Å². The zero-order valence-electron chi connectivity index (χ0n) is 10.2. The van der Waals surface area contributed by atoms with Crippen molar-refractivity contribution >= 4 is 17.5 Å². The van der Waals surface area contributed by atoms with Crippen LogP contribution in [0.2, 0.25) is 0 Å². The van der Waals surface area contributed by atoms with Gasteiger partial charge in [-0.05, 0) is 19.1 Å². The van der Waals surface area contributed by atoms with Crippen LogP contribution in [0.25, 0.3) is 5.69 Å². The van der Waals surface area contributed by atoms with Crippen LogP contribution in [-0.2, 0) is 4.74 Å². The van der Waals surface area contributed by atoms with E-state index in [1.807, 2.05) is 30.3 Å². The molecule has 5 nitrogen and oxygen atoms in total. The molecule has 0 bridgehead atoms. The second-order valence-electron chi connectivity index (χ2n) is 3.40. The van der Waals surface area contributed by atoms with Gasteiger partial charge in [-0.2, -0.15) is 4.37 Å². The van der Waals surface area contributed by atoms with E-state index < -0.39 is 5.97 Å². The first-order valence-electron chi connectivity index (χ1n) is 5.52. The maximum Gasteiger partial charge on any atom is 0.376 e. The molecular weight excluding hydrogens is 250 g/mol. The van der Waals surface area contributed by atoms with Crippen molar-refractivity contribution in [2.24, 2.45) is 4.99 Å². The number of hydrogen-bond donors (Lipinski definition) is 0. The number of nitrogens with zero attached hydrogens (tertiary/aromatic N) is 3. The lowest BCUT2D eigenvalue weighted by Gasteiger charge is -2.06. The summed E-state index contributed by atoms with van der Waals surface area (Å²) in [6.07, 6.45) is 0. The van der Waals surface area contributed by atoms with Gasteiger partial charge in [0.15, 0.2) is 0 Å². The normalized spacial score (nSPS) is 11.6. The van der Waals surface area contributed by atoms with Gasteiger partial charge in [0, 0.05) is 18.6 Å². The second-order valence-corrected chi connectivity index (χ2v) is 4.13. The number of aromatic nitrogens is 2. The van der Waals surface area contributed by atoms with E-state index in [0.29, 0.717) is 11.4 Å². The van der Waals surface area contributed by atoms with E-state index in [0.717, 1.165) is 5.69 Å². The lowest BCUT2D eigenvalue weighted by Crippen LogP contribution is -2.20. The van der Waals surface area contributed by atoms with Crippen LogP contribution in [0.15, 0.2) is 35.3 Å². The molecule has 0 spiro atoms. The Labute approximate surface area is 109 Å². The van der Waals surface area contributed by atoms with Crippen molar-refractivity contribution in [2.45, 2.75) is 6.92 Å². The third kappa shape index (κ3) is 2.33. The largest absolute Gasteiger partial charge is 0.460 e. The van der Waals surface area contributed by atoms with Gasteiger partial charge < -0.3 is 4.74 Å². The van der Waals surface area contributed by atoms with E-state index in [9.17, 15) is 4.79 Å². The van der Waals surface area contributed by atoms with Crippen LogP contribution in [0.1, 0.15) is 17.5 Å². The fourth-order valence-corrected chi connectivity index (χ4v) is 2.21. The number of hydrogen-bond acceptors (Lipinski definition) is 5. The lowest BCUT2D eigenvalue weighted by molar-refractivity contribution is 0.0510. The van der Waals surface area contributed by atoms with Crippen molar-refractivity contribution in [3.63, 3.8) is 0 Å². The summed E-state index contributed by atoms with van der Waals surface area (Å²) in [6.45, 7) is 2.09. The Morgan fingerprint density at radius 1 is 1.44 bits per heavy atom. The standard InChI is InChI=1S/C12H13N3O2S/c1-3-17-11(16)10-14-18-12(13-2)15(10)9-7-5-4-6-8-9/h4-8H,3H2,1-2H3. The minimum absolute atomic E-state index is 0.258. The molecule has 0 saturated heterocycles.